The second-order valence-electron chi connectivity index (χ2n) is 5.66. The molecule has 24 heavy (non-hydrogen) atoms. The fraction of sp³-hybridized carbons (Fsp3) is 0.118. The van der Waals surface area contributed by atoms with Gasteiger partial charge in [0.25, 0.3) is 5.91 Å². The van der Waals surface area contributed by atoms with Crippen LogP contribution >= 0.6 is 11.6 Å². The Morgan fingerprint density at radius 3 is 2.50 bits per heavy atom. The smallest absolute Gasteiger partial charge is 0.266 e. The van der Waals surface area contributed by atoms with Gasteiger partial charge in [0.05, 0.1) is 4.90 Å². The van der Waals surface area contributed by atoms with E-state index in [1.807, 2.05) is 6.07 Å². The lowest BCUT2D eigenvalue weighted by molar-refractivity contribution is 0.0993. The number of nitrogens with one attached hydrogen (secondary N) is 1. The molecular formula is C17H15ClN2O3S. The lowest BCUT2D eigenvalue weighted by Crippen LogP contribution is -2.16. The highest BCUT2D eigenvalue weighted by Crippen LogP contribution is 2.34. The van der Waals surface area contributed by atoms with Crippen LogP contribution in [-0.2, 0) is 9.84 Å². The van der Waals surface area contributed by atoms with E-state index in [1.165, 1.54) is 6.07 Å². The average molecular weight is 363 g/mol. The van der Waals surface area contributed by atoms with Gasteiger partial charge in [0.15, 0.2) is 0 Å². The van der Waals surface area contributed by atoms with E-state index in [9.17, 15) is 13.2 Å². The number of halogens is 1. The second kappa shape index (κ2) is 5.65. The Bertz CT molecular complexity index is 1080. The number of sulfone groups is 1. The molecule has 2 aromatic carbocycles. The first-order valence-electron chi connectivity index (χ1n) is 7.15. The number of carbonyl (C=O) groups is 1. The summed E-state index contributed by atoms with van der Waals surface area (Å²) in [5, 5.41) is 0.715. The van der Waals surface area contributed by atoms with Crippen LogP contribution in [0.1, 0.15) is 21.6 Å². The first-order chi connectivity index (χ1) is 11.2. The van der Waals surface area contributed by atoms with E-state index in [0.29, 0.717) is 21.5 Å². The maximum atomic E-state index is 13.2. The van der Waals surface area contributed by atoms with Crippen molar-refractivity contribution >= 4 is 38.2 Å². The molecule has 0 unspecified atom stereocenters. The number of nitrogens with two attached hydrogens (primary N) is 1. The average Bonchev–Trinajstić information content (AvgIpc) is 2.89. The molecule has 124 valence electrons. The quantitative estimate of drug-likeness (QED) is 0.748. The van der Waals surface area contributed by atoms with Gasteiger partial charge in [-0.1, -0.05) is 23.7 Å². The van der Waals surface area contributed by atoms with Crippen molar-refractivity contribution in [2.75, 3.05) is 0 Å². The van der Waals surface area contributed by atoms with E-state index in [0.717, 1.165) is 5.56 Å². The summed E-state index contributed by atoms with van der Waals surface area (Å²) in [6.45, 7) is 3.51. The minimum atomic E-state index is -3.96. The number of amides is 1. The molecule has 0 saturated heterocycles. The van der Waals surface area contributed by atoms with Crippen molar-refractivity contribution in [3.63, 3.8) is 0 Å². The Balaban J connectivity index is 2.43. The van der Waals surface area contributed by atoms with Gasteiger partial charge >= 0.3 is 0 Å². The molecule has 3 rings (SSSR count). The van der Waals surface area contributed by atoms with Crippen LogP contribution in [0.25, 0.3) is 10.9 Å². The molecule has 1 amide bonds. The fourth-order valence-corrected chi connectivity index (χ4v) is 4.80. The molecule has 0 spiro atoms. The van der Waals surface area contributed by atoms with Gasteiger partial charge in [0.1, 0.15) is 10.6 Å². The third kappa shape index (κ3) is 2.57. The van der Waals surface area contributed by atoms with Gasteiger partial charge in [-0.05, 0) is 49.2 Å². The van der Waals surface area contributed by atoms with E-state index in [4.69, 9.17) is 17.3 Å². The molecule has 0 bridgehead atoms. The SMILES string of the molecule is Cc1ccc(C)c(S(=O)(=O)c2c(C(N)=O)[nH]c3ccc(Cl)cc23)c1. The van der Waals surface area contributed by atoms with Crippen molar-refractivity contribution in [3.05, 3.63) is 58.2 Å². The van der Waals surface area contributed by atoms with Crippen LogP contribution in [0.5, 0.6) is 0 Å². The Morgan fingerprint density at radius 2 is 1.83 bits per heavy atom. The Kier molecular flexibility index (Phi) is 3.89. The number of benzene rings is 2. The molecule has 0 fully saturated rings. The maximum absolute atomic E-state index is 13.2. The van der Waals surface area contributed by atoms with Crippen molar-refractivity contribution < 1.29 is 13.2 Å². The van der Waals surface area contributed by atoms with Crippen molar-refractivity contribution in [1.82, 2.24) is 4.98 Å². The number of aryl methyl sites for hydroxylation is 2. The first kappa shape index (κ1) is 16.5. The number of hydrogen-bond acceptors (Lipinski definition) is 3. The van der Waals surface area contributed by atoms with Crippen molar-refractivity contribution in [3.8, 4) is 0 Å². The van der Waals surface area contributed by atoms with Crippen molar-refractivity contribution in [1.29, 1.82) is 0 Å². The highest BCUT2D eigenvalue weighted by Gasteiger charge is 2.30. The number of hydrogen-bond donors (Lipinski definition) is 2. The van der Waals surface area contributed by atoms with Crippen LogP contribution in [0.4, 0.5) is 0 Å². The molecule has 5 nitrogen and oxygen atoms in total. The van der Waals surface area contributed by atoms with Gasteiger partial charge in [-0.25, -0.2) is 8.42 Å². The molecule has 1 aromatic heterocycles. The Morgan fingerprint density at radius 1 is 1.12 bits per heavy atom. The molecule has 0 aliphatic carbocycles. The number of fused-ring (bicyclic) bond motifs is 1. The molecule has 0 radical (unpaired) electrons. The Hall–Kier alpha value is -2.31. The van der Waals surface area contributed by atoms with E-state index >= 15 is 0 Å². The number of H-pyrrole nitrogens is 1. The number of aromatic amines is 1. The van der Waals surface area contributed by atoms with Gasteiger partial charge in [0.2, 0.25) is 9.84 Å². The monoisotopic (exact) mass is 362 g/mol. The summed E-state index contributed by atoms with van der Waals surface area (Å²) in [7, 11) is -3.96. The summed E-state index contributed by atoms with van der Waals surface area (Å²) in [5.41, 5.74) is 7.12. The molecule has 0 aliphatic heterocycles. The second-order valence-corrected chi connectivity index (χ2v) is 7.95. The van der Waals surface area contributed by atoms with Gasteiger partial charge in [-0.15, -0.1) is 0 Å². The summed E-state index contributed by atoms with van der Waals surface area (Å²) < 4.78 is 26.5. The van der Waals surface area contributed by atoms with E-state index in [2.05, 4.69) is 4.98 Å². The van der Waals surface area contributed by atoms with Crippen LogP contribution < -0.4 is 5.73 Å². The van der Waals surface area contributed by atoms with Crippen molar-refractivity contribution in [2.24, 2.45) is 5.73 Å². The highest BCUT2D eigenvalue weighted by molar-refractivity contribution is 7.91. The predicted molar refractivity (Wildman–Crippen MR) is 93.2 cm³/mol. The molecule has 0 aliphatic rings. The van der Waals surface area contributed by atoms with E-state index in [1.54, 1.807) is 38.1 Å². The largest absolute Gasteiger partial charge is 0.364 e. The lowest BCUT2D eigenvalue weighted by Gasteiger charge is -2.09. The topological polar surface area (TPSA) is 93.0 Å². The molecule has 0 saturated carbocycles. The summed E-state index contributed by atoms with van der Waals surface area (Å²) in [6.07, 6.45) is 0. The predicted octanol–water partition coefficient (Wildman–Crippen LogP) is 3.37. The van der Waals surface area contributed by atoms with Crippen molar-refractivity contribution in [2.45, 2.75) is 23.6 Å². The number of aromatic nitrogens is 1. The first-order valence-corrected chi connectivity index (χ1v) is 9.01. The zero-order valence-electron chi connectivity index (χ0n) is 13.1. The van der Waals surface area contributed by atoms with Gasteiger partial charge in [0, 0.05) is 15.9 Å². The lowest BCUT2D eigenvalue weighted by atomic mass is 10.2. The van der Waals surface area contributed by atoms with Gasteiger partial charge < -0.3 is 10.7 Å². The normalized spacial score (nSPS) is 11.8. The van der Waals surface area contributed by atoms with Crippen LogP contribution in [0.15, 0.2) is 46.2 Å². The number of rotatable bonds is 3. The summed E-state index contributed by atoms with van der Waals surface area (Å²) >= 11 is 6.01. The zero-order chi connectivity index (χ0) is 17.6. The van der Waals surface area contributed by atoms with E-state index < -0.39 is 15.7 Å². The molecule has 7 heteroatoms. The minimum absolute atomic E-state index is 0.138. The van der Waals surface area contributed by atoms with E-state index in [-0.39, 0.29) is 15.5 Å². The van der Waals surface area contributed by atoms with Crippen LogP contribution in [0, 0.1) is 13.8 Å². The summed E-state index contributed by atoms with van der Waals surface area (Å²) in [5.74, 6) is -0.841. The molecule has 3 aromatic rings. The Labute approximate surface area is 144 Å². The third-order valence-corrected chi connectivity index (χ3v) is 6.08. The number of carbonyl (C=O) groups excluding carboxylic acids is 1. The molecular weight excluding hydrogens is 348 g/mol. The highest BCUT2D eigenvalue weighted by atomic mass is 35.5. The third-order valence-electron chi connectivity index (χ3n) is 3.86. The van der Waals surface area contributed by atoms with Crippen LogP contribution in [0.3, 0.4) is 0 Å². The summed E-state index contributed by atoms with van der Waals surface area (Å²) in [4.78, 5) is 14.6. The maximum Gasteiger partial charge on any atom is 0.266 e. The minimum Gasteiger partial charge on any atom is -0.364 e. The molecule has 1 heterocycles. The van der Waals surface area contributed by atoms with Crippen LogP contribution in [0.2, 0.25) is 5.02 Å². The number of primary amides is 1. The van der Waals surface area contributed by atoms with Gasteiger partial charge in [-0.2, -0.15) is 0 Å². The summed E-state index contributed by atoms with van der Waals surface area (Å²) in [6, 6.07) is 9.88. The van der Waals surface area contributed by atoms with Gasteiger partial charge in [-0.3, -0.25) is 4.79 Å². The molecule has 0 atom stereocenters. The standard InChI is InChI=1S/C17H15ClN2O3S/c1-9-3-4-10(2)14(7-9)24(22,23)16-12-8-11(18)5-6-13(12)20-15(16)17(19)21/h3-8,20H,1-2H3,(H2,19,21). The zero-order valence-corrected chi connectivity index (χ0v) is 14.6. The fourth-order valence-electron chi connectivity index (χ4n) is 2.70. The molecule has 3 N–H and O–H groups in total. The van der Waals surface area contributed by atoms with Crippen LogP contribution in [-0.4, -0.2) is 19.3 Å².